The highest BCUT2D eigenvalue weighted by atomic mass is 16.6. The van der Waals surface area contributed by atoms with Crippen LogP contribution in [0.25, 0.3) is 0 Å². The standard InChI is InChI=1S/C18H29NO3/c1-5-14-6-8-15(9-7-14)21-16-10-12-19(13-11-16)17(20)22-18(2,3)4/h1,14-16H,6-13H2,2-4H3. The summed E-state index contributed by atoms with van der Waals surface area (Å²) in [6.45, 7) is 7.13. The Labute approximate surface area is 134 Å². The molecule has 2 aliphatic rings. The Hall–Kier alpha value is -1.21. The summed E-state index contributed by atoms with van der Waals surface area (Å²) < 4.78 is 11.6. The van der Waals surface area contributed by atoms with Crippen LogP contribution < -0.4 is 0 Å². The van der Waals surface area contributed by atoms with Crippen LogP contribution >= 0.6 is 0 Å². The van der Waals surface area contributed by atoms with Crippen LogP contribution in [0.15, 0.2) is 0 Å². The SMILES string of the molecule is C#CC1CCC(OC2CCN(C(=O)OC(C)(C)C)CC2)CC1. The predicted octanol–water partition coefficient (Wildman–Crippen LogP) is 3.59. The van der Waals surface area contributed by atoms with E-state index in [0.29, 0.717) is 12.0 Å². The molecule has 0 aromatic carbocycles. The van der Waals surface area contributed by atoms with Gasteiger partial charge < -0.3 is 14.4 Å². The third-order valence-electron chi connectivity index (χ3n) is 4.39. The molecule has 0 bridgehead atoms. The number of ether oxygens (including phenoxy) is 2. The van der Waals surface area contributed by atoms with Crippen molar-refractivity contribution in [3.05, 3.63) is 0 Å². The molecule has 4 nitrogen and oxygen atoms in total. The molecule has 2 rings (SSSR count). The van der Waals surface area contributed by atoms with Gasteiger partial charge in [-0.3, -0.25) is 0 Å². The summed E-state index contributed by atoms with van der Waals surface area (Å²) in [6, 6.07) is 0. The van der Waals surface area contributed by atoms with E-state index in [1.165, 1.54) is 0 Å². The maximum Gasteiger partial charge on any atom is 0.410 e. The Balaban J connectivity index is 1.69. The van der Waals surface area contributed by atoms with Crippen LogP contribution in [0.4, 0.5) is 4.79 Å². The minimum absolute atomic E-state index is 0.208. The zero-order valence-electron chi connectivity index (χ0n) is 14.1. The topological polar surface area (TPSA) is 38.8 Å². The largest absolute Gasteiger partial charge is 0.444 e. The van der Waals surface area contributed by atoms with E-state index in [-0.39, 0.29) is 12.2 Å². The van der Waals surface area contributed by atoms with Crippen LogP contribution in [0.2, 0.25) is 0 Å². The van der Waals surface area contributed by atoms with E-state index in [9.17, 15) is 4.79 Å². The Morgan fingerprint density at radius 2 is 1.59 bits per heavy atom. The fraction of sp³-hybridized carbons (Fsp3) is 0.833. The Kier molecular flexibility index (Phi) is 5.74. The van der Waals surface area contributed by atoms with E-state index >= 15 is 0 Å². The van der Waals surface area contributed by atoms with E-state index in [1.807, 2.05) is 20.8 Å². The van der Waals surface area contributed by atoms with Gasteiger partial charge in [-0.15, -0.1) is 12.3 Å². The first-order valence-corrected chi connectivity index (χ1v) is 8.47. The van der Waals surface area contributed by atoms with Crippen molar-refractivity contribution in [2.45, 2.75) is 77.1 Å². The van der Waals surface area contributed by atoms with Crippen LogP contribution in [-0.2, 0) is 9.47 Å². The first-order chi connectivity index (χ1) is 10.4. The fourth-order valence-corrected chi connectivity index (χ4v) is 3.14. The van der Waals surface area contributed by atoms with Gasteiger partial charge in [0.1, 0.15) is 5.60 Å². The van der Waals surface area contributed by atoms with Crippen molar-refractivity contribution >= 4 is 6.09 Å². The molecule has 0 radical (unpaired) electrons. The molecule has 1 saturated carbocycles. The van der Waals surface area contributed by atoms with Gasteiger partial charge in [0.05, 0.1) is 12.2 Å². The second-order valence-corrected chi connectivity index (χ2v) is 7.44. The first-order valence-electron chi connectivity index (χ1n) is 8.47. The number of piperidine rings is 1. The summed E-state index contributed by atoms with van der Waals surface area (Å²) in [5, 5.41) is 0. The molecule has 0 atom stereocenters. The molecule has 0 spiro atoms. The highest BCUT2D eigenvalue weighted by Crippen LogP contribution is 2.28. The monoisotopic (exact) mass is 307 g/mol. The third kappa shape index (κ3) is 5.21. The Morgan fingerprint density at radius 3 is 2.09 bits per heavy atom. The van der Waals surface area contributed by atoms with Gasteiger partial charge in [-0.05, 0) is 59.3 Å². The molecule has 0 N–H and O–H groups in total. The lowest BCUT2D eigenvalue weighted by molar-refractivity contribution is -0.0603. The molecule has 4 heteroatoms. The van der Waals surface area contributed by atoms with Crippen molar-refractivity contribution < 1.29 is 14.3 Å². The second-order valence-electron chi connectivity index (χ2n) is 7.44. The third-order valence-corrected chi connectivity index (χ3v) is 4.39. The number of rotatable bonds is 2. The van der Waals surface area contributed by atoms with Gasteiger partial charge >= 0.3 is 6.09 Å². The lowest BCUT2D eigenvalue weighted by Gasteiger charge is -2.36. The zero-order chi connectivity index (χ0) is 16.2. The van der Waals surface area contributed by atoms with Gasteiger partial charge in [-0.2, -0.15) is 0 Å². The Morgan fingerprint density at radius 1 is 1.05 bits per heavy atom. The number of carbonyl (C=O) groups is 1. The molecule has 1 saturated heterocycles. The molecule has 22 heavy (non-hydrogen) atoms. The zero-order valence-corrected chi connectivity index (χ0v) is 14.1. The number of hydrogen-bond donors (Lipinski definition) is 0. The highest BCUT2D eigenvalue weighted by molar-refractivity contribution is 5.68. The lowest BCUT2D eigenvalue weighted by atomic mass is 9.88. The number of hydrogen-bond acceptors (Lipinski definition) is 3. The number of amides is 1. The van der Waals surface area contributed by atoms with Gasteiger partial charge in [0.2, 0.25) is 0 Å². The number of terminal acetylenes is 1. The molecule has 2 fully saturated rings. The molecule has 0 aromatic heterocycles. The molecule has 1 amide bonds. The molecule has 1 aliphatic carbocycles. The van der Waals surface area contributed by atoms with E-state index in [2.05, 4.69) is 5.92 Å². The summed E-state index contributed by atoms with van der Waals surface area (Å²) in [5.41, 5.74) is -0.430. The summed E-state index contributed by atoms with van der Waals surface area (Å²) in [7, 11) is 0. The summed E-state index contributed by atoms with van der Waals surface area (Å²) >= 11 is 0. The van der Waals surface area contributed by atoms with Crippen molar-refractivity contribution in [3.63, 3.8) is 0 Å². The van der Waals surface area contributed by atoms with Crippen LogP contribution in [0.1, 0.15) is 59.3 Å². The molecule has 0 aromatic rings. The maximum absolute atomic E-state index is 12.0. The minimum atomic E-state index is -0.430. The van der Waals surface area contributed by atoms with Crippen LogP contribution in [-0.4, -0.2) is 41.9 Å². The Bertz CT molecular complexity index is 405. The van der Waals surface area contributed by atoms with E-state index in [4.69, 9.17) is 15.9 Å². The lowest BCUT2D eigenvalue weighted by Crippen LogP contribution is -2.44. The summed E-state index contributed by atoms with van der Waals surface area (Å²) in [5.74, 6) is 3.29. The maximum atomic E-state index is 12.0. The molecular formula is C18H29NO3. The molecule has 124 valence electrons. The van der Waals surface area contributed by atoms with Gasteiger partial charge in [0.15, 0.2) is 0 Å². The summed E-state index contributed by atoms with van der Waals surface area (Å²) in [6.07, 6.45) is 12.0. The minimum Gasteiger partial charge on any atom is -0.444 e. The number of carbonyl (C=O) groups excluding carboxylic acids is 1. The van der Waals surface area contributed by atoms with Crippen molar-refractivity contribution in [1.82, 2.24) is 4.90 Å². The number of nitrogens with zero attached hydrogens (tertiary/aromatic N) is 1. The van der Waals surface area contributed by atoms with E-state index in [1.54, 1.807) is 4.90 Å². The van der Waals surface area contributed by atoms with Crippen molar-refractivity contribution in [3.8, 4) is 12.3 Å². The smallest absolute Gasteiger partial charge is 0.410 e. The van der Waals surface area contributed by atoms with Crippen molar-refractivity contribution in [2.24, 2.45) is 5.92 Å². The quantitative estimate of drug-likeness (QED) is 0.732. The average molecular weight is 307 g/mol. The normalized spacial score (nSPS) is 27.3. The van der Waals surface area contributed by atoms with Crippen LogP contribution in [0.5, 0.6) is 0 Å². The van der Waals surface area contributed by atoms with Gasteiger partial charge in [-0.1, -0.05) is 0 Å². The van der Waals surface area contributed by atoms with Gasteiger partial charge in [-0.25, -0.2) is 4.79 Å². The average Bonchev–Trinajstić information content (AvgIpc) is 2.47. The van der Waals surface area contributed by atoms with Gasteiger partial charge in [0.25, 0.3) is 0 Å². The highest BCUT2D eigenvalue weighted by Gasteiger charge is 2.29. The molecular weight excluding hydrogens is 278 g/mol. The fourth-order valence-electron chi connectivity index (χ4n) is 3.14. The molecule has 0 unspecified atom stereocenters. The number of likely N-dealkylation sites (tertiary alicyclic amines) is 1. The van der Waals surface area contributed by atoms with E-state index in [0.717, 1.165) is 51.6 Å². The summed E-state index contributed by atoms with van der Waals surface area (Å²) in [4.78, 5) is 13.8. The van der Waals surface area contributed by atoms with Crippen molar-refractivity contribution in [1.29, 1.82) is 0 Å². The van der Waals surface area contributed by atoms with Crippen LogP contribution in [0, 0.1) is 18.3 Å². The first kappa shape index (κ1) is 17.1. The van der Waals surface area contributed by atoms with Crippen molar-refractivity contribution in [2.75, 3.05) is 13.1 Å². The van der Waals surface area contributed by atoms with Gasteiger partial charge in [0, 0.05) is 19.0 Å². The molecule has 1 heterocycles. The predicted molar refractivity (Wildman–Crippen MR) is 86.5 cm³/mol. The van der Waals surface area contributed by atoms with Crippen LogP contribution in [0.3, 0.4) is 0 Å². The second kappa shape index (κ2) is 7.37. The van der Waals surface area contributed by atoms with E-state index < -0.39 is 5.60 Å². The molecule has 1 aliphatic heterocycles.